The van der Waals surface area contributed by atoms with E-state index in [1.165, 1.54) is 17.1 Å². The normalized spacial score (nSPS) is 19.9. The minimum absolute atomic E-state index is 0.0856. The monoisotopic (exact) mass is 701 g/mol. The van der Waals surface area contributed by atoms with Crippen molar-refractivity contribution in [2.45, 2.75) is 69.0 Å². The lowest BCUT2D eigenvalue weighted by Crippen LogP contribution is -2.49. The number of aromatic amines is 1. The number of aliphatic hydroxyl groups is 1. The number of H-pyrrole nitrogens is 1. The van der Waals surface area contributed by atoms with Crippen LogP contribution >= 0.6 is 0 Å². The molecule has 0 saturated carbocycles. The molecule has 1 fully saturated rings. The largest absolute Gasteiger partial charge is 0.497 e. The molecule has 1 aliphatic rings. The van der Waals surface area contributed by atoms with E-state index in [0.717, 1.165) is 16.7 Å². The summed E-state index contributed by atoms with van der Waals surface area (Å²) in [5.41, 5.74) is 0.777. The molecule has 6 rings (SSSR count). The third kappa shape index (κ3) is 6.38. The van der Waals surface area contributed by atoms with Crippen LogP contribution in [0.5, 0.6) is 11.5 Å². The second kappa shape index (κ2) is 13.8. The van der Waals surface area contributed by atoms with Crippen molar-refractivity contribution in [2.24, 2.45) is 0 Å². The number of hydrogen-bond donors (Lipinski definition) is 2. The average molecular weight is 702 g/mol. The number of nitrogens with zero attached hydrogens (tertiary/aromatic N) is 2. The average Bonchev–Trinajstić information content (AvgIpc) is 3.61. The van der Waals surface area contributed by atoms with E-state index >= 15 is 4.39 Å². The minimum atomic E-state index is -2.52. The molecule has 2 aromatic heterocycles. The van der Waals surface area contributed by atoms with Crippen LogP contribution in [0.2, 0.25) is 18.1 Å². The van der Waals surface area contributed by atoms with Gasteiger partial charge in [0.05, 0.1) is 27.2 Å². The van der Waals surface area contributed by atoms with E-state index < -0.39 is 49.8 Å². The first-order valence-electron chi connectivity index (χ1n) is 16.5. The molecule has 1 aliphatic heterocycles. The van der Waals surface area contributed by atoms with E-state index in [4.69, 9.17) is 23.4 Å². The summed E-state index contributed by atoms with van der Waals surface area (Å²) in [6.45, 7) is 10.4. The second-order valence-corrected chi connectivity index (χ2v) is 18.8. The molecule has 0 radical (unpaired) electrons. The van der Waals surface area contributed by atoms with E-state index in [1.807, 2.05) is 78.9 Å². The summed E-state index contributed by atoms with van der Waals surface area (Å²) in [4.78, 5) is 19.3. The molecule has 264 valence electrons. The summed E-state index contributed by atoms with van der Waals surface area (Å²) >= 11 is 0. The summed E-state index contributed by atoms with van der Waals surface area (Å²) in [6.07, 6.45) is -1.64. The van der Waals surface area contributed by atoms with Gasteiger partial charge in [-0.3, -0.25) is 4.79 Å². The lowest BCUT2D eigenvalue weighted by Gasteiger charge is -2.40. The lowest BCUT2D eigenvalue weighted by molar-refractivity contribution is -0.0940. The van der Waals surface area contributed by atoms with Crippen LogP contribution in [0.25, 0.3) is 11.0 Å². The Labute approximate surface area is 291 Å². The maximum atomic E-state index is 15.3. The summed E-state index contributed by atoms with van der Waals surface area (Å²) in [5, 5.41) is 11.6. The number of halogens is 1. The van der Waals surface area contributed by atoms with Crippen LogP contribution in [0.3, 0.4) is 0 Å². The van der Waals surface area contributed by atoms with Gasteiger partial charge in [0, 0.05) is 6.20 Å². The Morgan fingerprint density at radius 3 is 2.02 bits per heavy atom. The molecule has 0 aliphatic carbocycles. The van der Waals surface area contributed by atoms with Crippen LogP contribution in [0.1, 0.15) is 43.7 Å². The Kier molecular flexibility index (Phi) is 9.77. The van der Waals surface area contributed by atoms with Gasteiger partial charge in [-0.25, -0.2) is 9.37 Å². The van der Waals surface area contributed by atoms with Crippen molar-refractivity contribution in [3.05, 3.63) is 124 Å². The minimum Gasteiger partial charge on any atom is -0.497 e. The van der Waals surface area contributed by atoms with Crippen molar-refractivity contribution in [1.82, 2.24) is 14.5 Å². The van der Waals surface area contributed by atoms with Crippen molar-refractivity contribution < 1.29 is 32.9 Å². The van der Waals surface area contributed by atoms with E-state index in [1.54, 1.807) is 14.2 Å². The number of nitrogens with one attached hydrogen (secondary N) is 1. The highest BCUT2D eigenvalue weighted by Gasteiger charge is 2.52. The fourth-order valence-electron chi connectivity index (χ4n) is 6.25. The number of ether oxygens (including phenoxy) is 4. The third-order valence-electron chi connectivity index (χ3n) is 10.0. The molecule has 0 amide bonds. The standard InChI is InChI=1S/C38H44FN3O7Si/c1-37(2,3)50(6,7)49-33-32(43)30(48-36(33)42-21-29(39)31-34(42)40-23-41-35(31)44)22-47-38(24-11-9-8-10-12-24,25-13-17-27(45-4)18-14-25)26-15-19-28(46-5)20-16-26/h8-21,23,30,32-33,36,43H,22H2,1-7H3,(H,40,41,44)/t30-,32-,33-,36-/m1/s1. The molecule has 1 saturated heterocycles. The highest BCUT2D eigenvalue weighted by molar-refractivity contribution is 6.74. The Hall–Kier alpha value is -4.33. The number of methoxy groups -OCH3 is 2. The van der Waals surface area contributed by atoms with Crippen LogP contribution in [0, 0.1) is 5.82 Å². The molecule has 10 nitrogen and oxygen atoms in total. The van der Waals surface area contributed by atoms with Crippen molar-refractivity contribution >= 4 is 19.4 Å². The predicted octanol–water partition coefficient (Wildman–Crippen LogP) is 6.54. The Bertz CT molecular complexity index is 1930. The fraction of sp³-hybridized carbons (Fsp3) is 0.368. The molecule has 0 unspecified atom stereocenters. The topological polar surface area (TPSA) is 117 Å². The van der Waals surface area contributed by atoms with Crippen molar-refractivity contribution in [2.75, 3.05) is 20.8 Å². The summed E-state index contributed by atoms with van der Waals surface area (Å²) < 4.78 is 48.1. The van der Waals surface area contributed by atoms with Crippen molar-refractivity contribution in [3.63, 3.8) is 0 Å². The van der Waals surface area contributed by atoms with Gasteiger partial charge in [-0.2, -0.15) is 0 Å². The summed E-state index contributed by atoms with van der Waals surface area (Å²) in [7, 11) is 0.704. The molecule has 0 spiro atoms. The Morgan fingerprint density at radius 2 is 1.48 bits per heavy atom. The van der Waals surface area contributed by atoms with E-state index in [0.29, 0.717) is 11.5 Å². The maximum absolute atomic E-state index is 15.3. The van der Waals surface area contributed by atoms with Crippen LogP contribution in [-0.4, -0.2) is 67.1 Å². The van der Waals surface area contributed by atoms with Gasteiger partial charge in [0.2, 0.25) is 0 Å². The first-order valence-corrected chi connectivity index (χ1v) is 19.4. The van der Waals surface area contributed by atoms with Gasteiger partial charge in [-0.15, -0.1) is 0 Å². The number of aliphatic hydroxyl groups excluding tert-OH is 1. The first kappa shape index (κ1) is 35.5. The molecule has 3 aromatic carbocycles. The molecule has 12 heteroatoms. The smallest absolute Gasteiger partial charge is 0.263 e. The number of hydrogen-bond acceptors (Lipinski definition) is 8. The van der Waals surface area contributed by atoms with Gasteiger partial charge in [0.1, 0.15) is 40.8 Å². The zero-order valence-corrected chi connectivity index (χ0v) is 30.3. The molecule has 4 atom stereocenters. The SMILES string of the molecule is COc1ccc(C(OC[C@H]2O[C@@H](n3cc(F)c4c(=O)[nH]cnc43)[C@H](O[Si](C)(C)C(C)(C)C)[C@@H]2O)(c2ccccc2)c2ccc(OC)cc2)cc1. The maximum Gasteiger partial charge on any atom is 0.263 e. The van der Waals surface area contributed by atoms with Gasteiger partial charge >= 0.3 is 0 Å². The zero-order valence-electron chi connectivity index (χ0n) is 29.3. The van der Waals surface area contributed by atoms with Gasteiger partial charge in [-0.05, 0) is 59.1 Å². The lowest BCUT2D eigenvalue weighted by atomic mass is 9.80. The molecular weight excluding hydrogens is 658 g/mol. The molecular formula is C38H44FN3O7Si. The number of fused-ring (bicyclic) bond motifs is 1. The van der Waals surface area contributed by atoms with Gasteiger partial charge < -0.3 is 38.0 Å². The van der Waals surface area contributed by atoms with E-state index in [-0.39, 0.29) is 22.7 Å². The molecule has 5 aromatic rings. The summed E-state index contributed by atoms with van der Waals surface area (Å²) in [6, 6.07) is 25.1. The predicted molar refractivity (Wildman–Crippen MR) is 191 cm³/mol. The highest BCUT2D eigenvalue weighted by atomic mass is 28.4. The van der Waals surface area contributed by atoms with Crippen LogP contribution in [-0.2, 0) is 19.5 Å². The van der Waals surface area contributed by atoms with Crippen LogP contribution in [0.15, 0.2) is 96.2 Å². The van der Waals surface area contributed by atoms with Gasteiger partial charge in [-0.1, -0.05) is 75.4 Å². The Morgan fingerprint density at radius 1 is 0.920 bits per heavy atom. The van der Waals surface area contributed by atoms with E-state index in [9.17, 15) is 9.90 Å². The van der Waals surface area contributed by atoms with Crippen molar-refractivity contribution in [1.29, 1.82) is 0 Å². The summed E-state index contributed by atoms with van der Waals surface area (Å²) in [5.74, 6) is 0.625. The highest BCUT2D eigenvalue weighted by Crippen LogP contribution is 2.45. The first-order chi connectivity index (χ1) is 23.8. The molecule has 50 heavy (non-hydrogen) atoms. The quantitative estimate of drug-likeness (QED) is 0.118. The fourth-order valence-corrected chi connectivity index (χ4v) is 7.54. The Balaban J connectivity index is 1.45. The van der Waals surface area contributed by atoms with Gasteiger partial charge in [0.25, 0.3) is 5.56 Å². The molecule has 3 heterocycles. The van der Waals surface area contributed by atoms with E-state index in [2.05, 4.69) is 43.8 Å². The molecule has 2 N–H and O–H groups in total. The van der Waals surface area contributed by atoms with Crippen LogP contribution < -0.4 is 15.0 Å². The molecule has 0 bridgehead atoms. The zero-order chi connectivity index (χ0) is 35.8. The van der Waals surface area contributed by atoms with Gasteiger partial charge in [0.15, 0.2) is 26.0 Å². The third-order valence-corrected chi connectivity index (χ3v) is 14.5. The van der Waals surface area contributed by atoms with Crippen molar-refractivity contribution in [3.8, 4) is 11.5 Å². The number of rotatable bonds is 11. The van der Waals surface area contributed by atoms with Crippen LogP contribution in [0.4, 0.5) is 4.39 Å². The number of aromatic nitrogens is 3. The number of benzene rings is 3. The second-order valence-electron chi connectivity index (χ2n) is 14.0.